The molecule has 4 nitrogen and oxygen atoms in total. The lowest BCUT2D eigenvalue weighted by atomic mass is 10.2. The standard InChI is InChI=1S/C14H13FN4S/c1-9-12(13-8-20-14(16-2)18-13)7-17-19(9)11-5-3-4-10(15)6-11/h3-8H,1-2H3,(H,16,18). The van der Waals surface area contributed by atoms with E-state index in [1.807, 2.05) is 25.4 Å². The molecule has 0 aliphatic heterocycles. The van der Waals surface area contributed by atoms with E-state index in [0.717, 1.165) is 22.1 Å². The molecule has 0 aliphatic carbocycles. The van der Waals surface area contributed by atoms with Crippen molar-refractivity contribution >= 4 is 16.5 Å². The molecule has 1 aromatic carbocycles. The van der Waals surface area contributed by atoms with Crippen LogP contribution >= 0.6 is 11.3 Å². The highest BCUT2D eigenvalue weighted by Crippen LogP contribution is 2.28. The second-order valence-electron chi connectivity index (χ2n) is 4.32. The molecular formula is C14H13FN4S. The molecule has 1 N–H and O–H groups in total. The maximum absolute atomic E-state index is 13.3. The summed E-state index contributed by atoms with van der Waals surface area (Å²) in [5, 5.41) is 10.2. The Hall–Kier alpha value is -2.21. The molecule has 0 aliphatic rings. The van der Waals surface area contributed by atoms with Gasteiger partial charge in [0.15, 0.2) is 5.13 Å². The third-order valence-electron chi connectivity index (χ3n) is 3.06. The van der Waals surface area contributed by atoms with Crippen LogP contribution in [0.1, 0.15) is 5.69 Å². The highest BCUT2D eigenvalue weighted by molar-refractivity contribution is 7.14. The van der Waals surface area contributed by atoms with Crippen LogP contribution in [0.25, 0.3) is 16.9 Å². The Kier molecular flexibility index (Phi) is 3.23. The van der Waals surface area contributed by atoms with Gasteiger partial charge in [-0.1, -0.05) is 6.07 Å². The molecule has 0 bridgehead atoms. The second-order valence-corrected chi connectivity index (χ2v) is 5.18. The molecule has 0 fully saturated rings. The van der Waals surface area contributed by atoms with E-state index in [2.05, 4.69) is 15.4 Å². The minimum absolute atomic E-state index is 0.273. The van der Waals surface area contributed by atoms with E-state index in [-0.39, 0.29) is 5.82 Å². The van der Waals surface area contributed by atoms with Gasteiger partial charge in [0.1, 0.15) is 5.82 Å². The largest absolute Gasteiger partial charge is 0.365 e. The molecule has 102 valence electrons. The van der Waals surface area contributed by atoms with Crippen LogP contribution in [0.4, 0.5) is 9.52 Å². The molecule has 2 aromatic heterocycles. The second kappa shape index (κ2) is 5.05. The lowest BCUT2D eigenvalue weighted by Crippen LogP contribution is -1.99. The van der Waals surface area contributed by atoms with Crippen LogP contribution in [-0.2, 0) is 0 Å². The molecule has 0 spiro atoms. The van der Waals surface area contributed by atoms with Crippen molar-refractivity contribution in [3.63, 3.8) is 0 Å². The number of benzene rings is 1. The summed E-state index contributed by atoms with van der Waals surface area (Å²) in [6.07, 6.45) is 1.76. The summed E-state index contributed by atoms with van der Waals surface area (Å²) in [5.41, 5.74) is 3.47. The molecule has 6 heteroatoms. The van der Waals surface area contributed by atoms with Gasteiger partial charge in [-0.05, 0) is 25.1 Å². The molecule has 0 saturated heterocycles. The van der Waals surface area contributed by atoms with Crippen molar-refractivity contribution in [1.82, 2.24) is 14.8 Å². The first-order valence-corrected chi connectivity index (χ1v) is 7.01. The number of hydrogen-bond donors (Lipinski definition) is 1. The topological polar surface area (TPSA) is 42.7 Å². The van der Waals surface area contributed by atoms with Crippen LogP contribution in [-0.4, -0.2) is 21.8 Å². The SMILES string of the molecule is CNc1nc(-c2cnn(-c3cccc(F)c3)c2C)cs1. The van der Waals surface area contributed by atoms with E-state index in [9.17, 15) is 4.39 Å². The van der Waals surface area contributed by atoms with Gasteiger partial charge in [0.05, 0.1) is 23.3 Å². The third kappa shape index (κ3) is 2.18. The fourth-order valence-electron chi connectivity index (χ4n) is 2.04. The molecule has 0 radical (unpaired) electrons. The molecule has 0 atom stereocenters. The van der Waals surface area contributed by atoms with Crippen molar-refractivity contribution in [2.24, 2.45) is 0 Å². The lowest BCUT2D eigenvalue weighted by Gasteiger charge is -2.04. The van der Waals surface area contributed by atoms with Crippen LogP contribution in [0.3, 0.4) is 0 Å². The Bertz CT molecular complexity index is 747. The van der Waals surface area contributed by atoms with Gasteiger partial charge in [0.25, 0.3) is 0 Å². The van der Waals surface area contributed by atoms with Crippen molar-refractivity contribution in [2.75, 3.05) is 12.4 Å². The number of aromatic nitrogens is 3. The molecule has 20 heavy (non-hydrogen) atoms. The normalized spacial score (nSPS) is 10.8. The Morgan fingerprint density at radius 1 is 1.35 bits per heavy atom. The van der Waals surface area contributed by atoms with E-state index in [1.54, 1.807) is 28.3 Å². The third-order valence-corrected chi connectivity index (χ3v) is 3.92. The molecule has 3 rings (SSSR count). The number of thiazole rings is 1. The highest BCUT2D eigenvalue weighted by Gasteiger charge is 2.13. The van der Waals surface area contributed by atoms with E-state index in [0.29, 0.717) is 5.69 Å². The van der Waals surface area contributed by atoms with Gasteiger partial charge in [0, 0.05) is 18.0 Å². The zero-order valence-corrected chi connectivity index (χ0v) is 11.9. The number of hydrogen-bond acceptors (Lipinski definition) is 4. The van der Waals surface area contributed by atoms with Gasteiger partial charge in [-0.25, -0.2) is 14.1 Å². The number of rotatable bonds is 3. The van der Waals surface area contributed by atoms with Crippen molar-refractivity contribution < 1.29 is 4.39 Å². The zero-order chi connectivity index (χ0) is 14.1. The number of nitrogens with zero attached hydrogens (tertiary/aromatic N) is 3. The molecule has 2 heterocycles. The van der Waals surface area contributed by atoms with Crippen molar-refractivity contribution in [3.8, 4) is 16.9 Å². The minimum Gasteiger partial charge on any atom is -0.365 e. The summed E-state index contributed by atoms with van der Waals surface area (Å²) in [6, 6.07) is 6.38. The predicted molar refractivity (Wildman–Crippen MR) is 78.9 cm³/mol. The van der Waals surface area contributed by atoms with Gasteiger partial charge in [-0.2, -0.15) is 5.10 Å². The minimum atomic E-state index is -0.273. The maximum Gasteiger partial charge on any atom is 0.182 e. The number of halogens is 1. The molecule has 0 saturated carbocycles. The van der Waals surface area contributed by atoms with Crippen LogP contribution in [0.5, 0.6) is 0 Å². The smallest absolute Gasteiger partial charge is 0.182 e. The summed E-state index contributed by atoms with van der Waals surface area (Å²) in [6.45, 7) is 1.95. The molecular weight excluding hydrogens is 275 g/mol. The summed E-state index contributed by atoms with van der Waals surface area (Å²) in [4.78, 5) is 4.46. The highest BCUT2D eigenvalue weighted by atomic mass is 32.1. The first-order valence-electron chi connectivity index (χ1n) is 6.13. The van der Waals surface area contributed by atoms with Gasteiger partial charge in [0.2, 0.25) is 0 Å². The average Bonchev–Trinajstić information content (AvgIpc) is 3.04. The van der Waals surface area contributed by atoms with Crippen molar-refractivity contribution in [2.45, 2.75) is 6.92 Å². The summed E-state index contributed by atoms with van der Waals surface area (Å²) in [7, 11) is 1.84. The van der Waals surface area contributed by atoms with E-state index >= 15 is 0 Å². The monoisotopic (exact) mass is 288 g/mol. The quantitative estimate of drug-likeness (QED) is 0.802. The number of anilines is 1. The van der Waals surface area contributed by atoms with Crippen LogP contribution in [0.15, 0.2) is 35.8 Å². The summed E-state index contributed by atoms with van der Waals surface area (Å²) < 4.78 is 15.0. The lowest BCUT2D eigenvalue weighted by molar-refractivity contribution is 0.625. The summed E-state index contributed by atoms with van der Waals surface area (Å²) in [5.74, 6) is -0.273. The summed E-state index contributed by atoms with van der Waals surface area (Å²) >= 11 is 1.54. The van der Waals surface area contributed by atoms with Crippen LogP contribution < -0.4 is 5.32 Å². The van der Waals surface area contributed by atoms with Gasteiger partial charge < -0.3 is 5.32 Å². The zero-order valence-electron chi connectivity index (χ0n) is 11.1. The Morgan fingerprint density at radius 3 is 2.90 bits per heavy atom. The fourth-order valence-corrected chi connectivity index (χ4v) is 2.71. The van der Waals surface area contributed by atoms with Crippen LogP contribution in [0.2, 0.25) is 0 Å². The van der Waals surface area contributed by atoms with Gasteiger partial charge in [-0.15, -0.1) is 11.3 Å². The fraction of sp³-hybridized carbons (Fsp3) is 0.143. The van der Waals surface area contributed by atoms with Gasteiger partial charge >= 0.3 is 0 Å². The Labute approximate surface area is 119 Å². The van der Waals surface area contributed by atoms with E-state index in [1.165, 1.54) is 12.1 Å². The Balaban J connectivity index is 2.04. The van der Waals surface area contributed by atoms with E-state index in [4.69, 9.17) is 0 Å². The number of nitrogens with one attached hydrogen (secondary N) is 1. The average molecular weight is 288 g/mol. The van der Waals surface area contributed by atoms with Crippen molar-refractivity contribution in [3.05, 3.63) is 47.4 Å². The molecule has 0 unspecified atom stereocenters. The van der Waals surface area contributed by atoms with Crippen molar-refractivity contribution in [1.29, 1.82) is 0 Å². The predicted octanol–water partition coefficient (Wildman–Crippen LogP) is 3.49. The first-order chi connectivity index (χ1) is 9.69. The van der Waals surface area contributed by atoms with E-state index < -0.39 is 0 Å². The molecule has 0 amide bonds. The van der Waals surface area contributed by atoms with Crippen LogP contribution in [0, 0.1) is 12.7 Å². The Morgan fingerprint density at radius 2 is 2.20 bits per heavy atom. The maximum atomic E-state index is 13.3. The van der Waals surface area contributed by atoms with Gasteiger partial charge in [-0.3, -0.25) is 0 Å². The molecule has 3 aromatic rings. The first kappa shape index (κ1) is 12.8.